The number of nitrogens with zero attached hydrogens (tertiary/aromatic N) is 3. The first kappa shape index (κ1) is 8.30. The van der Waals surface area contributed by atoms with Gasteiger partial charge >= 0.3 is 6.18 Å². The summed E-state index contributed by atoms with van der Waals surface area (Å²) in [5, 5.41) is 11.8. The highest BCUT2D eigenvalue weighted by atomic mass is 32.1. The normalized spacial score (nSPS) is 12.5. The van der Waals surface area contributed by atoms with Gasteiger partial charge in [-0.15, -0.1) is 16.4 Å². The monoisotopic (exact) mass is 209 g/mol. The molecule has 2 aromatic rings. The lowest BCUT2D eigenvalue weighted by Crippen LogP contribution is -2.07. The van der Waals surface area contributed by atoms with Crippen LogP contribution in [0.5, 0.6) is 0 Å². The molecule has 0 amide bonds. The number of halogens is 3. The predicted octanol–water partition coefficient (Wildman–Crippen LogP) is 1.75. The topological polar surface area (TPSA) is 50.9 Å². The van der Waals surface area contributed by atoms with E-state index in [2.05, 4.69) is 10.1 Å². The van der Waals surface area contributed by atoms with E-state index in [1.54, 1.807) is 0 Å². The molecule has 2 rings (SSSR count). The Hall–Kier alpha value is -1.31. The van der Waals surface area contributed by atoms with Crippen LogP contribution in [0, 0.1) is 0 Å². The van der Waals surface area contributed by atoms with E-state index >= 15 is 0 Å². The van der Waals surface area contributed by atoms with E-state index in [0.717, 1.165) is 11.3 Å². The van der Waals surface area contributed by atoms with Gasteiger partial charge in [-0.1, -0.05) is 4.85 Å². The maximum atomic E-state index is 12.2. The van der Waals surface area contributed by atoms with E-state index in [4.69, 9.17) is 5.21 Å². The number of hydrogen-bond acceptors (Lipinski definition) is 4. The molecular weight excluding hydrogens is 207 g/mol. The summed E-state index contributed by atoms with van der Waals surface area (Å²) in [5.41, 5.74) is -0.0567. The molecule has 0 bridgehead atoms. The maximum Gasteiger partial charge on any atom is 0.436 e. The molecule has 0 spiro atoms. The van der Waals surface area contributed by atoms with Crippen molar-refractivity contribution in [2.45, 2.75) is 6.18 Å². The van der Waals surface area contributed by atoms with Crippen LogP contribution in [0.2, 0.25) is 0 Å². The summed E-state index contributed by atoms with van der Waals surface area (Å²) >= 11 is 0.787. The first-order valence-corrected chi connectivity index (χ1v) is 3.97. The van der Waals surface area contributed by atoms with Crippen molar-refractivity contribution < 1.29 is 18.4 Å². The predicted molar refractivity (Wildman–Crippen MR) is 37.6 cm³/mol. The van der Waals surface area contributed by atoms with Crippen LogP contribution in [0.15, 0.2) is 5.51 Å². The fourth-order valence-electron chi connectivity index (χ4n) is 0.917. The summed E-state index contributed by atoms with van der Waals surface area (Å²) in [6.07, 6.45) is -4.56. The summed E-state index contributed by atoms with van der Waals surface area (Å²) in [7, 11) is 0. The van der Waals surface area contributed by atoms with Crippen molar-refractivity contribution in [1.82, 2.24) is 14.9 Å². The molecule has 1 N–H and O–H groups in total. The van der Waals surface area contributed by atoms with Crippen molar-refractivity contribution in [3.63, 3.8) is 0 Å². The smallest absolute Gasteiger partial charge is 0.410 e. The molecule has 0 atom stereocenters. The Morgan fingerprint density at radius 3 is 2.77 bits per heavy atom. The van der Waals surface area contributed by atoms with Crippen LogP contribution in [0.3, 0.4) is 0 Å². The second-order valence-electron chi connectivity index (χ2n) is 2.24. The summed E-state index contributed by atoms with van der Waals surface area (Å²) in [5.74, 6) is 0. The number of thiazole rings is 1. The lowest BCUT2D eigenvalue weighted by molar-refractivity contribution is -0.141. The van der Waals surface area contributed by atoms with E-state index in [-0.39, 0.29) is 15.2 Å². The molecule has 4 nitrogen and oxygen atoms in total. The summed E-state index contributed by atoms with van der Waals surface area (Å²) in [6.45, 7) is 0. The second-order valence-corrected chi connectivity index (χ2v) is 3.10. The zero-order chi connectivity index (χ0) is 9.64. The second kappa shape index (κ2) is 2.34. The average molecular weight is 209 g/mol. The molecule has 0 aromatic carbocycles. The molecule has 0 unspecified atom stereocenters. The zero-order valence-corrected chi connectivity index (χ0v) is 6.72. The van der Waals surface area contributed by atoms with E-state index in [1.807, 2.05) is 0 Å². The molecule has 0 fully saturated rings. The number of alkyl halides is 3. The van der Waals surface area contributed by atoms with Gasteiger partial charge in [0.2, 0.25) is 5.65 Å². The molecule has 0 saturated heterocycles. The lowest BCUT2D eigenvalue weighted by atomic mass is 10.4. The molecule has 0 saturated carbocycles. The van der Waals surface area contributed by atoms with Gasteiger partial charge in [-0.05, 0) is 0 Å². The van der Waals surface area contributed by atoms with Crippen LogP contribution in [-0.2, 0) is 6.18 Å². The first-order chi connectivity index (χ1) is 6.00. The molecule has 2 aromatic heterocycles. The molecule has 0 aliphatic rings. The molecule has 0 aliphatic heterocycles. The molecule has 70 valence electrons. The molecular formula is C5H2F3N3OS. The van der Waals surface area contributed by atoms with E-state index in [0.29, 0.717) is 0 Å². The Labute approximate surface area is 73.2 Å². The van der Waals surface area contributed by atoms with Crippen LogP contribution in [0.25, 0.3) is 10.3 Å². The van der Waals surface area contributed by atoms with E-state index < -0.39 is 11.9 Å². The van der Waals surface area contributed by atoms with Gasteiger partial charge in [0.1, 0.15) is 4.70 Å². The Morgan fingerprint density at radius 2 is 2.15 bits per heavy atom. The fourth-order valence-corrected chi connectivity index (χ4v) is 1.68. The van der Waals surface area contributed by atoms with Crippen LogP contribution >= 0.6 is 11.3 Å². The van der Waals surface area contributed by atoms with Gasteiger partial charge in [-0.3, -0.25) is 0 Å². The third kappa shape index (κ3) is 1.13. The van der Waals surface area contributed by atoms with Gasteiger partial charge in [0.25, 0.3) is 0 Å². The SMILES string of the molecule is On1nc(C(F)(F)F)c2scnc21. The highest BCUT2D eigenvalue weighted by molar-refractivity contribution is 7.16. The highest BCUT2D eigenvalue weighted by Gasteiger charge is 2.38. The molecule has 13 heavy (non-hydrogen) atoms. The number of aromatic nitrogens is 3. The molecule has 2 heterocycles. The lowest BCUT2D eigenvalue weighted by Gasteiger charge is -1.99. The largest absolute Gasteiger partial charge is 0.436 e. The summed E-state index contributed by atoms with van der Waals surface area (Å²) in [4.78, 5) is 3.65. The van der Waals surface area contributed by atoms with Crippen LogP contribution < -0.4 is 0 Å². The summed E-state index contributed by atoms with van der Waals surface area (Å²) < 4.78 is 36.4. The Balaban J connectivity index is 2.76. The fraction of sp³-hybridized carbons (Fsp3) is 0.200. The Bertz CT molecular complexity index is 445. The third-order valence-corrected chi connectivity index (χ3v) is 2.24. The van der Waals surface area contributed by atoms with Gasteiger partial charge in [-0.25, -0.2) is 4.98 Å². The quantitative estimate of drug-likeness (QED) is 0.672. The van der Waals surface area contributed by atoms with Gasteiger partial charge in [0.05, 0.1) is 5.51 Å². The number of rotatable bonds is 0. The molecule has 0 aliphatic carbocycles. The zero-order valence-electron chi connectivity index (χ0n) is 5.91. The number of fused-ring (bicyclic) bond motifs is 1. The highest BCUT2D eigenvalue weighted by Crippen LogP contribution is 2.34. The minimum Gasteiger partial charge on any atom is -0.410 e. The summed E-state index contributed by atoms with van der Waals surface area (Å²) in [6, 6.07) is 0. The van der Waals surface area contributed by atoms with Crippen molar-refractivity contribution in [2.24, 2.45) is 0 Å². The molecule has 8 heteroatoms. The van der Waals surface area contributed by atoms with Crippen LogP contribution in [-0.4, -0.2) is 20.1 Å². The molecule has 0 radical (unpaired) electrons. The van der Waals surface area contributed by atoms with Crippen molar-refractivity contribution in [3.05, 3.63) is 11.2 Å². The average Bonchev–Trinajstić information content (AvgIpc) is 2.51. The standard InChI is InChI=1S/C5H2F3N3OS/c6-5(7,8)3-2-4(9-1-13-2)11(12)10-3/h1,12H. The van der Waals surface area contributed by atoms with Crippen LogP contribution in [0.4, 0.5) is 13.2 Å². The maximum absolute atomic E-state index is 12.2. The van der Waals surface area contributed by atoms with Gasteiger partial charge in [0, 0.05) is 0 Å². The van der Waals surface area contributed by atoms with Gasteiger partial charge in [-0.2, -0.15) is 13.2 Å². The van der Waals surface area contributed by atoms with E-state index in [9.17, 15) is 13.2 Å². The number of hydrogen-bond donors (Lipinski definition) is 1. The Morgan fingerprint density at radius 1 is 1.46 bits per heavy atom. The van der Waals surface area contributed by atoms with Crippen molar-refractivity contribution in [1.29, 1.82) is 0 Å². The van der Waals surface area contributed by atoms with Crippen molar-refractivity contribution >= 4 is 21.7 Å². The van der Waals surface area contributed by atoms with E-state index in [1.165, 1.54) is 5.51 Å². The van der Waals surface area contributed by atoms with Crippen LogP contribution in [0.1, 0.15) is 5.69 Å². The first-order valence-electron chi connectivity index (χ1n) is 3.09. The minimum atomic E-state index is -4.56. The van der Waals surface area contributed by atoms with Crippen molar-refractivity contribution in [2.75, 3.05) is 0 Å². The van der Waals surface area contributed by atoms with Gasteiger partial charge < -0.3 is 5.21 Å². The Kier molecular flexibility index (Phi) is 1.50. The van der Waals surface area contributed by atoms with Crippen molar-refractivity contribution in [3.8, 4) is 0 Å². The third-order valence-electron chi connectivity index (χ3n) is 1.42. The van der Waals surface area contributed by atoms with Gasteiger partial charge in [0.15, 0.2) is 5.69 Å². The minimum absolute atomic E-state index is 0.134.